The lowest BCUT2D eigenvalue weighted by Crippen LogP contribution is -2.60. The van der Waals surface area contributed by atoms with E-state index in [-0.39, 0.29) is 11.9 Å². The second-order valence-electron chi connectivity index (χ2n) is 6.26. The van der Waals surface area contributed by atoms with E-state index in [4.69, 9.17) is 11.6 Å². The second kappa shape index (κ2) is 6.37. The zero-order chi connectivity index (χ0) is 14.8. The Morgan fingerprint density at radius 2 is 2.00 bits per heavy atom. The van der Waals surface area contributed by atoms with Crippen LogP contribution in [0.1, 0.15) is 37.1 Å². The van der Waals surface area contributed by atoms with Crippen LogP contribution in [0.15, 0.2) is 30.3 Å². The Morgan fingerprint density at radius 1 is 1.24 bits per heavy atom. The van der Waals surface area contributed by atoms with Gasteiger partial charge in [-0.05, 0) is 31.9 Å². The Balaban J connectivity index is 1.72. The maximum Gasteiger partial charge on any atom is 0.245 e. The fourth-order valence-electron chi connectivity index (χ4n) is 3.57. The smallest absolute Gasteiger partial charge is 0.245 e. The SMILES string of the molecule is CC1CN2CCCCC2CN1C(=O)C(Cl)c1ccccc1. The lowest BCUT2D eigenvalue weighted by molar-refractivity contribution is -0.137. The van der Waals surface area contributed by atoms with Crippen LogP contribution in [0.5, 0.6) is 0 Å². The third-order valence-electron chi connectivity index (χ3n) is 4.78. The summed E-state index contributed by atoms with van der Waals surface area (Å²) in [5.74, 6) is 0.0561. The van der Waals surface area contributed by atoms with Crippen LogP contribution in [-0.4, -0.2) is 47.4 Å². The van der Waals surface area contributed by atoms with Crippen molar-refractivity contribution in [2.75, 3.05) is 19.6 Å². The normalized spacial score (nSPS) is 28.0. The second-order valence-corrected chi connectivity index (χ2v) is 6.69. The van der Waals surface area contributed by atoms with Gasteiger partial charge in [0.1, 0.15) is 5.38 Å². The summed E-state index contributed by atoms with van der Waals surface area (Å²) in [4.78, 5) is 17.3. The molecule has 3 unspecified atom stereocenters. The van der Waals surface area contributed by atoms with E-state index in [2.05, 4.69) is 11.8 Å². The van der Waals surface area contributed by atoms with Crippen LogP contribution < -0.4 is 0 Å². The average molecular weight is 307 g/mol. The number of rotatable bonds is 2. The Morgan fingerprint density at radius 3 is 2.76 bits per heavy atom. The summed E-state index contributed by atoms with van der Waals surface area (Å²) in [6, 6.07) is 10.4. The minimum absolute atomic E-state index is 0.0561. The van der Waals surface area contributed by atoms with Gasteiger partial charge in [-0.15, -0.1) is 11.6 Å². The van der Waals surface area contributed by atoms with Gasteiger partial charge in [-0.3, -0.25) is 9.69 Å². The first-order chi connectivity index (χ1) is 10.2. The van der Waals surface area contributed by atoms with E-state index < -0.39 is 5.38 Å². The molecule has 1 aromatic carbocycles. The topological polar surface area (TPSA) is 23.6 Å². The van der Waals surface area contributed by atoms with Gasteiger partial charge in [-0.1, -0.05) is 36.8 Å². The van der Waals surface area contributed by atoms with Gasteiger partial charge in [0.25, 0.3) is 0 Å². The average Bonchev–Trinajstić information content (AvgIpc) is 2.53. The number of piperidine rings is 1. The monoisotopic (exact) mass is 306 g/mol. The van der Waals surface area contributed by atoms with Gasteiger partial charge in [0, 0.05) is 25.2 Å². The Labute approximate surface area is 131 Å². The van der Waals surface area contributed by atoms with Crippen molar-refractivity contribution in [2.45, 2.75) is 43.6 Å². The van der Waals surface area contributed by atoms with Crippen LogP contribution >= 0.6 is 11.6 Å². The molecule has 1 aromatic rings. The van der Waals surface area contributed by atoms with Gasteiger partial charge >= 0.3 is 0 Å². The van der Waals surface area contributed by atoms with E-state index in [1.165, 1.54) is 25.8 Å². The van der Waals surface area contributed by atoms with E-state index in [9.17, 15) is 4.79 Å². The first kappa shape index (κ1) is 14.9. The molecule has 2 aliphatic heterocycles. The fraction of sp³-hybridized carbons (Fsp3) is 0.588. The van der Waals surface area contributed by atoms with Crippen LogP contribution in [0.4, 0.5) is 0 Å². The molecule has 1 amide bonds. The summed E-state index contributed by atoms with van der Waals surface area (Å²) in [7, 11) is 0. The molecule has 0 radical (unpaired) electrons. The molecule has 0 aliphatic carbocycles. The number of carbonyl (C=O) groups is 1. The van der Waals surface area contributed by atoms with Gasteiger partial charge in [-0.2, -0.15) is 0 Å². The van der Waals surface area contributed by atoms with E-state index in [1.54, 1.807) is 0 Å². The third-order valence-corrected chi connectivity index (χ3v) is 5.22. The molecule has 114 valence electrons. The lowest BCUT2D eigenvalue weighted by Gasteiger charge is -2.47. The van der Waals surface area contributed by atoms with Crippen molar-refractivity contribution in [2.24, 2.45) is 0 Å². The zero-order valence-corrected chi connectivity index (χ0v) is 13.3. The molecule has 0 saturated carbocycles. The third kappa shape index (κ3) is 3.09. The maximum atomic E-state index is 12.8. The molecule has 2 heterocycles. The summed E-state index contributed by atoms with van der Waals surface area (Å²) >= 11 is 6.43. The van der Waals surface area contributed by atoms with Gasteiger partial charge in [0.05, 0.1) is 0 Å². The van der Waals surface area contributed by atoms with Crippen molar-refractivity contribution in [3.05, 3.63) is 35.9 Å². The molecule has 0 bridgehead atoms. The first-order valence-electron chi connectivity index (χ1n) is 7.90. The molecule has 0 aromatic heterocycles. The molecule has 3 atom stereocenters. The Hall–Kier alpha value is -1.06. The van der Waals surface area contributed by atoms with E-state index >= 15 is 0 Å². The highest BCUT2D eigenvalue weighted by atomic mass is 35.5. The number of hydrogen-bond donors (Lipinski definition) is 0. The summed E-state index contributed by atoms with van der Waals surface area (Å²) in [5.41, 5.74) is 0.891. The summed E-state index contributed by atoms with van der Waals surface area (Å²) in [6.45, 7) is 5.13. The number of piperazine rings is 1. The lowest BCUT2D eigenvalue weighted by atomic mass is 9.96. The molecule has 0 spiro atoms. The molecule has 21 heavy (non-hydrogen) atoms. The van der Waals surface area contributed by atoms with Crippen molar-refractivity contribution in [3.63, 3.8) is 0 Å². The predicted molar refractivity (Wildman–Crippen MR) is 85.4 cm³/mol. The summed E-state index contributed by atoms with van der Waals surface area (Å²) < 4.78 is 0. The van der Waals surface area contributed by atoms with Crippen LogP contribution in [0, 0.1) is 0 Å². The standard InChI is InChI=1S/C17H23ClN2O/c1-13-11-19-10-6-5-9-15(19)12-20(13)17(21)16(18)14-7-3-2-4-8-14/h2-4,7-8,13,15-16H,5-6,9-12H2,1H3. The number of hydrogen-bond acceptors (Lipinski definition) is 2. The van der Waals surface area contributed by atoms with Crippen LogP contribution in [-0.2, 0) is 4.79 Å². The number of carbonyl (C=O) groups excluding carboxylic acids is 1. The molecule has 2 fully saturated rings. The molecule has 3 rings (SSSR count). The Kier molecular flexibility index (Phi) is 4.51. The van der Waals surface area contributed by atoms with Crippen LogP contribution in [0.3, 0.4) is 0 Å². The first-order valence-corrected chi connectivity index (χ1v) is 8.34. The highest BCUT2D eigenvalue weighted by Gasteiger charge is 2.37. The molecule has 0 N–H and O–H groups in total. The molecule has 4 heteroatoms. The fourth-order valence-corrected chi connectivity index (χ4v) is 3.84. The number of halogens is 1. The van der Waals surface area contributed by atoms with Gasteiger partial charge < -0.3 is 4.90 Å². The molecule has 3 nitrogen and oxygen atoms in total. The van der Waals surface area contributed by atoms with Crippen LogP contribution in [0.25, 0.3) is 0 Å². The van der Waals surface area contributed by atoms with Crippen molar-refractivity contribution in [3.8, 4) is 0 Å². The number of benzene rings is 1. The molecule has 2 aliphatic rings. The van der Waals surface area contributed by atoms with Crippen LogP contribution in [0.2, 0.25) is 0 Å². The van der Waals surface area contributed by atoms with Gasteiger partial charge in [0.2, 0.25) is 5.91 Å². The van der Waals surface area contributed by atoms with Crippen molar-refractivity contribution in [1.82, 2.24) is 9.80 Å². The van der Waals surface area contributed by atoms with E-state index in [0.717, 1.165) is 18.7 Å². The minimum Gasteiger partial charge on any atom is -0.336 e. The number of nitrogens with zero attached hydrogens (tertiary/aromatic N) is 2. The van der Waals surface area contributed by atoms with Gasteiger partial charge in [0.15, 0.2) is 0 Å². The van der Waals surface area contributed by atoms with E-state index in [1.807, 2.05) is 35.2 Å². The highest BCUT2D eigenvalue weighted by molar-refractivity contribution is 6.30. The molecular formula is C17H23ClN2O. The quantitative estimate of drug-likeness (QED) is 0.784. The highest BCUT2D eigenvalue weighted by Crippen LogP contribution is 2.29. The van der Waals surface area contributed by atoms with Crippen molar-refractivity contribution < 1.29 is 4.79 Å². The number of alkyl halides is 1. The van der Waals surface area contributed by atoms with E-state index in [0.29, 0.717) is 6.04 Å². The predicted octanol–water partition coefficient (Wildman–Crippen LogP) is 3.05. The number of amides is 1. The zero-order valence-electron chi connectivity index (χ0n) is 12.5. The Bertz CT molecular complexity index is 493. The largest absolute Gasteiger partial charge is 0.336 e. The summed E-state index contributed by atoms with van der Waals surface area (Å²) in [6.07, 6.45) is 3.77. The van der Waals surface area contributed by atoms with Crippen molar-refractivity contribution in [1.29, 1.82) is 0 Å². The van der Waals surface area contributed by atoms with Gasteiger partial charge in [-0.25, -0.2) is 0 Å². The molecule has 2 saturated heterocycles. The summed E-state index contributed by atoms with van der Waals surface area (Å²) in [5, 5.41) is -0.566. The minimum atomic E-state index is -0.566. The molecular weight excluding hydrogens is 284 g/mol. The number of fused-ring (bicyclic) bond motifs is 1. The maximum absolute atomic E-state index is 12.8. The van der Waals surface area contributed by atoms with Crippen molar-refractivity contribution >= 4 is 17.5 Å².